The van der Waals surface area contributed by atoms with Crippen molar-refractivity contribution in [2.24, 2.45) is 5.73 Å². The molecule has 0 aliphatic carbocycles. The number of halogens is 2. The van der Waals surface area contributed by atoms with Gasteiger partial charge in [0.15, 0.2) is 11.6 Å². The van der Waals surface area contributed by atoms with E-state index in [0.717, 1.165) is 17.6 Å². The SMILES string of the molecule is Cc1ncc(CN)n1Cc1ccc(F)c(F)c1. The fourth-order valence-electron chi connectivity index (χ4n) is 1.71. The quantitative estimate of drug-likeness (QED) is 0.887. The zero-order valence-electron chi connectivity index (χ0n) is 9.45. The molecule has 0 spiro atoms. The van der Waals surface area contributed by atoms with Gasteiger partial charge in [0.1, 0.15) is 5.82 Å². The second-order valence-electron chi connectivity index (χ2n) is 3.84. The molecule has 1 heterocycles. The van der Waals surface area contributed by atoms with Gasteiger partial charge in [-0.2, -0.15) is 0 Å². The largest absolute Gasteiger partial charge is 0.327 e. The summed E-state index contributed by atoms with van der Waals surface area (Å²) in [5, 5.41) is 0. The maximum absolute atomic E-state index is 13.1. The van der Waals surface area contributed by atoms with Crippen LogP contribution in [0.3, 0.4) is 0 Å². The number of nitrogens with zero attached hydrogens (tertiary/aromatic N) is 2. The number of aryl methyl sites for hydroxylation is 1. The first-order valence-electron chi connectivity index (χ1n) is 5.27. The van der Waals surface area contributed by atoms with Gasteiger partial charge in [-0.15, -0.1) is 0 Å². The number of nitrogens with two attached hydrogens (primary N) is 1. The molecule has 0 unspecified atom stereocenters. The normalized spacial score (nSPS) is 10.8. The zero-order valence-corrected chi connectivity index (χ0v) is 9.45. The van der Waals surface area contributed by atoms with E-state index in [-0.39, 0.29) is 0 Å². The molecule has 0 bridgehead atoms. The molecule has 0 amide bonds. The van der Waals surface area contributed by atoms with Crippen molar-refractivity contribution in [3.8, 4) is 0 Å². The Morgan fingerprint density at radius 3 is 2.71 bits per heavy atom. The Kier molecular flexibility index (Phi) is 3.19. The molecule has 2 rings (SSSR count). The monoisotopic (exact) mass is 237 g/mol. The van der Waals surface area contributed by atoms with Gasteiger partial charge in [0.05, 0.1) is 5.69 Å². The van der Waals surface area contributed by atoms with Crippen LogP contribution in [0.2, 0.25) is 0 Å². The average molecular weight is 237 g/mol. The third kappa shape index (κ3) is 2.34. The number of imidazole rings is 1. The van der Waals surface area contributed by atoms with Gasteiger partial charge >= 0.3 is 0 Å². The Bertz CT molecular complexity index is 535. The maximum Gasteiger partial charge on any atom is 0.159 e. The van der Waals surface area contributed by atoms with Crippen molar-refractivity contribution in [1.29, 1.82) is 0 Å². The standard InChI is InChI=1S/C12H13F2N3/c1-8-16-6-10(5-15)17(8)7-9-2-3-11(13)12(14)4-9/h2-4,6H,5,7,15H2,1H3. The fraction of sp³-hybridized carbons (Fsp3) is 0.250. The molecule has 17 heavy (non-hydrogen) atoms. The van der Waals surface area contributed by atoms with E-state index in [1.54, 1.807) is 12.3 Å². The van der Waals surface area contributed by atoms with Crippen LogP contribution >= 0.6 is 0 Å². The van der Waals surface area contributed by atoms with Gasteiger partial charge in [-0.3, -0.25) is 0 Å². The Morgan fingerprint density at radius 1 is 1.29 bits per heavy atom. The lowest BCUT2D eigenvalue weighted by Gasteiger charge is -2.09. The highest BCUT2D eigenvalue weighted by atomic mass is 19.2. The van der Waals surface area contributed by atoms with E-state index in [2.05, 4.69) is 4.98 Å². The minimum absolute atomic E-state index is 0.366. The van der Waals surface area contributed by atoms with Crippen molar-refractivity contribution in [3.05, 3.63) is 53.1 Å². The Labute approximate surface area is 97.9 Å². The van der Waals surface area contributed by atoms with Gasteiger partial charge < -0.3 is 10.3 Å². The number of aromatic nitrogens is 2. The lowest BCUT2D eigenvalue weighted by Crippen LogP contribution is -2.10. The summed E-state index contributed by atoms with van der Waals surface area (Å²) < 4.78 is 27.7. The van der Waals surface area contributed by atoms with Crippen LogP contribution < -0.4 is 5.73 Å². The summed E-state index contributed by atoms with van der Waals surface area (Å²) in [6.45, 7) is 2.65. The number of rotatable bonds is 3. The van der Waals surface area contributed by atoms with Crippen LogP contribution in [0, 0.1) is 18.6 Å². The Morgan fingerprint density at radius 2 is 2.06 bits per heavy atom. The highest BCUT2D eigenvalue weighted by molar-refractivity contribution is 5.19. The summed E-state index contributed by atoms with van der Waals surface area (Å²) in [5.74, 6) is -0.875. The summed E-state index contributed by atoms with van der Waals surface area (Å²) >= 11 is 0. The summed E-state index contributed by atoms with van der Waals surface area (Å²) in [7, 11) is 0. The molecular weight excluding hydrogens is 224 g/mol. The maximum atomic E-state index is 13.1. The van der Waals surface area contributed by atoms with E-state index < -0.39 is 11.6 Å². The Balaban J connectivity index is 2.31. The lowest BCUT2D eigenvalue weighted by molar-refractivity contribution is 0.506. The molecule has 0 atom stereocenters. The fourth-order valence-corrected chi connectivity index (χ4v) is 1.71. The summed E-state index contributed by atoms with van der Waals surface area (Å²) in [6.07, 6.45) is 1.69. The van der Waals surface area contributed by atoms with Gasteiger partial charge in [-0.05, 0) is 24.6 Å². The van der Waals surface area contributed by atoms with E-state index in [1.165, 1.54) is 6.07 Å². The van der Waals surface area contributed by atoms with Crippen LogP contribution in [0.1, 0.15) is 17.1 Å². The van der Waals surface area contributed by atoms with Gasteiger partial charge in [-0.1, -0.05) is 6.07 Å². The second-order valence-corrected chi connectivity index (χ2v) is 3.84. The molecule has 0 saturated carbocycles. The van der Waals surface area contributed by atoms with E-state index >= 15 is 0 Å². The molecule has 1 aromatic heterocycles. The lowest BCUT2D eigenvalue weighted by atomic mass is 10.2. The first kappa shape index (κ1) is 11.7. The molecule has 0 aliphatic heterocycles. The molecule has 90 valence electrons. The molecule has 0 aliphatic rings. The Hall–Kier alpha value is -1.75. The summed E-state index contributed by atoms with van der Waals surface area (Å²) in [5.41, 5.74) is 7.12. The topological polar surface area (TPSA) is 43.8 Å². The van der Waals surface area contributed by atoms with Crippen molar-refractivity contribution < 1.29 is 8.78 Å². The molecule has 2 aromatic rings. The third-order valence-electron chi connectivity index (χ3n) is 2.67. The predicted molar refractivity (Wildman–Crippen MR) is 60.3 cm³/mol. The highest BCUT2D eigenvalue weighted by Gasteiger charge is 2.08. The van der Waals surface area contributed by atoms with Gasteiger partial charge in [-0.25, -0.2) is 13.8 Å². The highest BCUT2D eigenvalue weighted by Crippen LogP contribution is 2.12. The van der Waals surface area contributed by atoms with Crippen molar-refractivity contribution in [1.82, 2.24) is 9.55 Å². The van der Waals surface area contributed by atoms with Crippen molar-refractivity contribution in [2.75, 3.05) is 0 Å². The molecule has 3 nitrogen and oxygen atoms in total. The van der Waals surface area contributed by atoms with Gasteiger partial charge in [0.25, 0.3) is 0 Å². The van der Waals surface area contributed by atoms with Crippen LogP contribution in [-0.2, 0) is 13.1 Å². The number of hydrogen-bond donors (Lipinski definition) is 1. The van der Waals surface area contributed by atoms with E-state index in [4.69, 9.17) is 5.73 Å². The van der Waals surface area contributed by atoms with Crippen LogP contribution in [0.5, 0.6) is 0 Å². The van der Waals surface area contributed by atoms with Crippen LogP contribution in [0.15, 0.2) is 24.4 Å². The van der Waals surface area contributed by atoms with Crippen molar-refractivity contribution >= 4 is 0 Å². The molecule has 0 saturated heterocycles. The second kappa shape index (κ2) is 4.63. The van der Waals surface area contributed by atoms with Crippen LogP contribution in [0.25, 0.3) is 0 Å². The number of hydrogen-bond acceptors (Lipinski definition) is 2. The number of benzene rings is 1. The van der Waals surface area contributed by atoms with Crippen molar-refractivity contribution in [3.63, 3.8) is 0 Å². The smallest absolute Gasteiger partial charge is 0.159 e. The molecular formula is C12H13F2N3. The minimum atomic E-state index is -0.838. The predicted octanol–water partition coefficient (Wildman–Crippen LogP) is 1.98. The molecule has 5 heteroatoms. The van der Waals surface area contributed by atoms with Gasteiger partial charge in [0.2, 0.25) is 0 Å². The third-order valence-corrected chi connectivity index (χ3v) is 2.67. The average Bonchev–Trinajstić information content (AvgIpc) is 2.65. The molecule has 1 aromatic carbocycles. The van der Waals surface area contributed by atoms with Crippen molar-refractivity contribution in [2.45, 2.75) is 20.0 Å². The first-order valence-corrected chi connectivity index (χ1v) is 5.27. The van der Waals surface area contributed by atoms with E-state index in [9.17, 15) is 8.78 Å². The molecule has 0 radical (unpaired) electrons. The van der Waals surface area contributed by atoms with Crippen LogP contribution in [-0.4, -0.2) is 9.55 Å². The van der Waals surface area contributed by atoms with E-state index in [0.29, 0.717) is 18.7 Å². The minimum Gasteiger partial charge on any atom is -0.327 e. The summed E-state index contributed by atoms with van der Waals surface area (Å²) in [4.78, 5) is 4.14. The van der Waals surface area contributed by atoms with E-state index in [1.807, 2.05) is 11.5 Å². The zero-order chi connectivity index (χ0) is 12.4. The van der Waals surface area contributed by atoms with Crippen LogP contribution in [0.4, 0.5) is 8.78 Å². The molecule has 0 fully saturated rings. The summed E-state index contributed by atoms with van der Waals surface area (Å²) in [6, 6.07) is 3.87. The molecule has 2 N–H and O–H groups in total. The van der Waals surface area contributed by atoms with Gasteiger partial charge in [0, 0.05) is 19.3 Å². The first-order chi connectivity index (χ1) is 8.11.